The quantitative estimate of drug-likeness (QED) is 0.714. The largest absolute Gasteiger partial charge is 0.465 e. The van der Waals surface area contributed by atoms with E-state index in [0.29, 0.717) is 0 Å². The van der Waals surface area contributed by atoms with Gasteiger partial charge in [-0.15, -0.1) is 10.2 Å². The standard InChI is InChI=1S/C17H14Cl2F2N4O5/c18-10-2-1-8(3-11(10)19)17(20,21)13-23-22-12(30-13)9-4-24(14(26)27)5-16(9)6-25(7-16)15(28)29/h1-3,9H,4-7H2,(H,26,27)(H,28,29). The maximum atomic E-state index is 14.9. The van der Waals surface area contributed by atoms with Gasteiger partial charge in [0.2, 0.25) is 5.89 Å². The van der Waals surface area contributed by atoms with Gasteiger partial charge < -0.3 is 24.4 Å². The van der Waals surface area contributed by atoms with Crippen LogP contribution in [0.3, 0.4) is 0 Å². The summed E-state index contributed by atoms with van der Waals surface area (Å²) in [6.45, 7) is 0.0514. The molecule has 30 heavy (non-hydrogen) atoms. The molecule has 1 unspecified atom stereocenters. The molecule has 1 aromatic carbocycles. The van der Waals surface area contributed by atoms with Gasteiger partial charge in [-0.3, -0.25) is 0 Å². The predicted octanol–water partition coefficient (Wildman–Crippen LogP) is 3.57. The van der Waals surface area contributed by atoms with Gasteiger partial charge in [0.1, 0.15) is 0 Å². The Hall–Kier alpha value is -2.66. The summed E-state index contributed by atoms with van der Waals surface area (Å²) in [6.07, 6.45) is -2.35. The molecule has 2 fully saturated rings. The van der Waals surface area contributed by atoms with Crippen molar-refractivity contribution in [2.45, 2.75) is 11.8 Å². The SMILES string of the molecule is O=C(O)N1CC(c2nnc(C(F)(F)c3ccc(Cl)c(Cl)c3)o2)C2(C1)CN(C(=O)O)C2. The highest BCUT2D eigenvalue weighted by Crippen LogP contribution is 2.49. The maximum Gasteiger partial charge on any atom is 0.407 e. The average Bonchev–Trinajstić information content (AvgIpc) is 3.27. The first kappa shape index (κ1) is 20.6. The molecule has 2 aromatic rings. The van der Waals surface area contributed by atoms with Crippen molar-refractivity contribution in [3.8, 4) is 0 Å². The summed E-state index contributed by atoms with van der Waals surface area (Å²) >= 11 is 11.6. The molecule has 1 spiro atoms. The number of carbonyl (C=O) groups is 2. The third kappa shape index (κ3) is 3.21. The van der Waals surface area contributed by atoms with Crippen molar-refractivity contribution < 1.29 is 33.0 Å². The van der Waals surface area contributed by atoms with Crippen LogP contribution in [0.25, 0.3) is 0 Å². The van der Waals surface area contributed by atoms with Crippen LogP contribution in [0.1, 0.15) is 23.3 Å². The van der Waals surface area contributed by atoms with Crippen molar-refractivity contribution in [3.05, 3.63) is 45.6 Å². The molecule has 0 radical (unpaired) electrons. The van der Waals surface area contributed by atoms with Crippen molar-refractivity contribution >= 4 is 35.4 Å². The Morgan fingerprint density at radius 3 is 2.33 bits per heavy atom. The van der Waals surface area contributed by atoms with Crippen LogP contribution in [0.4, 0.5) is 18.4 Å². The fourth-order valence-corrected chi connectivity index (χ4v) is 4.24. The van der Waals surface area contributed by atoms with E-state index in [2.05, 4.69) is 10.2 Å². The minimum Gasteiger partial charge on any atom is -0.465 e. The van der Waals surface area contributed by atoms with E-state index in [9.17, 15) is 23.5 Å². The number of alkyl halides is 2. The van der Waals surface area contributed by atoms with Crippen LogP contribution in [0.15, 0.2) is 22.6 Å². The van der Waals surface area contributed by atoms with Crippen LogP contribution in [0.2, 0.25) is 10.0 Å². The number of halogens is 4. The third-order valence-electron chi connectivity index (χ3n) is 5.49. The van der Waals surface area contributed by atoms with Crippen LogP contribution >= 0.6 is 23.2 Å². The molecular formula is C17H14Cl2F2N4O5. The van der Waals surface area contributed by atoms with Gasteiger partial charge in [-0.05, 0) is 12.1 Å². The summed E-state index contributed by atoms with van der Waals surface area (Å²) < 4.78 is 35.0. The van der Waals surface area contributed by atoms with Gasteiger partial charge >= 0.3 is 18.1 Å². The molecule has 2 aliphatic heterocycles. The van der Waals surface area contributed by atoms with Crippen molar-refractivity contribution in [3.63, 3.8) is 0 Å². The van der Waals surface area contributed by atoms with Crippen LogP contribution in [0.5, 0.6) is 0 Å². The molecule has 2 amide bonds. The number of aromatic nitrogens is 2. The fraction of sp³-hybridized carbons (Fsp3) is 0.412. The molecule has 3 heterocycles. The van der Waals surface area contributed by atoms with E-state index in [1.807, 2.05) is 0 Å². The third-order valence-corrected chi connectivity index (χ3v) is 6.23. The number of benzene rings is 1. The van der Waals surface area contributed by atoms with Crippen LogP contribution in [-0.2, 0) is 5.92 Å². The summed E-state index contributed by atoms with van der Waals surface area (Å²) in [6, 6.07) is 3.29. The van der Waals surface area contributed by atoms with E-state index in [4.69, 9.17) is 32.7 Å². The van der Waals surface area contributed by atoms with Gasteiger partial charge in [-0.25, -0.2) is 9.59 Å². The van der Waals surface area contributed by atoms with E-state index < -0.39 is 40.9 Å². The van der Waals surface area contributed by atoms with Crippen molar-refractivity contribution in [1.82, 2.24) is 20.0 Å². The summed E-state index contributed by atoms with van der Waals surface area (Å²) in [5.74, 6) is -5.52. The van der Waals surface area contributed by atoms with Crippen LogP contribution in [-0.4, -0.2) is 68.6 Å². The molecule has 13 heteroatoms. The van der Waals surface area contributed by atoms with Gasteiger partial charge in [-0.1, -0.05) is 29.3 Å². The maximum absolute atomic E-state index is 14.9. The van der Waals surface area contributed by atoms with Crippen LogP contribution in [0, 0.1) is 5.41 Å². The number of amides is 2. The second-order valence-corrected chi connectivity index (χ2v) is 8.18. The summed E-state index contributed by atoms with van der Waals surface area (Å²) in [4.78, 5) is 24.8. The molecule has 0 aliphatic carbocycles. The Labute approximate surface area is 177 Å². The molecule has 1 aromatic heterocycles. The minimum atomic E-state index is -3.66. The molecule has 2 saturated heterocycles. The molecule has 160 valence electrons. The number of rotatable bonds is 3. The Balaban J connectivity index is 1.64. The normalized spacial score (nSPS) is 20.5. The first-order chi connectivity index (χ1) is 14.0. The van der Waals surface area contributed by atoms with Gasteiger partial charge in [-0.2, -0.15) is 8.78 Å². The van der Waals surface area contributed by atoms with E-state index >= 15 is 0 Å². The second kappa shape index (κ2) is 6.95. The van der Waals surface area contributed by atoms with Gasteiger partial charge in [0.05, 0.1) is 16.0 Å². The summed E-state index contributed by atoms with van der Waals surface area (Å²) in [5, 5.41) is 25.7. The number of likely N-dealkylation sites (tertiary alicyclic amines) is 2. The lowest BCUT2D eigenvalue weighted by Crippen LogP contribution is -2.61. The molecule has 0 saturated carbocycles. The zero-order chi connectivity index (χ0) is 21.8. The number of hydrogen-bond donors (Lipinski definition) is 2. The molecule has 0 bridgehead atoms. The van der Waals surface area contributed by atoms with Crippen molar-refractivity contribution in [2.24, 2.45) is 5.41 Å². The van der Waals surface area contributed by atoms with Gasteiger partial charge in [0.25, 0.3) is 5.89 Å². The Morgan fingerprint density at radius 1 is 1.10 bits per heavy atom. The molecule has 1 atom stereocenters. The van der Waals surface area contributed by atoms with Crippen LogP contribution < -0.4 is 0 Å². The van der Waals surface area contributed by atoms with E-state index in [1.165, 1.54) is 6.07 Å². The number of carboxylic acid groups (broad SMARTS) is 2. The molecule has 4 rings (SSSR count). The highest BCUT2D eigenvalue weighted by atomic mass is 35.5. The lowest BCUT2D eigenvalue weighted by atomic mass is 9.71. The minimum absolute atomic E-state index is 0.0394. The topological polar surface area (TPSA) is 120 Å². The molecule has 9 nitrogen and oxygen atoms in total. The summed E-state index contributed by atoms with van der Waals surface area (Å²) in [7, 11) is 0. The first-order valence-electron chi connectivity index (χ1n) is 8.66. The predicted molar refractivity (Wildman–Crippen MR) is 98.1 cm³/mol. The molecular weight excluding hydrogens is 449 g/mol. The van der Waals surface area contributed by atoms with E-state index in [0.717, 1.165) is 21.9 Å². The van der Waals surface area contributed by atoms with E-state index in [-0.39, 0.29) is 42.1 Å². The van der Waals surface area contributed by atoms with Gasteiger partial charge in [0, 0.05) is 37.2 Å². The first-order valence-corrected chi connectivity index (χ1v) is 9.42. The Morgan fingerprint density at radius 2 is 1.73 bits per heavy atom. The zero-order valence-electron chi connectivity index (χ0n) is 15.1. The lowest BCUT2D eigenvalue weighted by molar-refractivity contribution is -0.00300. The Bertz CT molecular complexity index is 1030. The fourth-order valence-electron chi connectivity index (χ4n) is 3.94. The Kier molecular flexibility index (Phi) is 4.77. The van der Waals surface area contributed by atoms with Gasteiger partial charge in [0.15, 0.2) is 0 Å². The molecule has 2 aliphatic rings. The van der Waals surface area contributed by atoms with E-state index in [1.54, 1.807) is 0 Å². The monoisotopic (exact) mass is 462 g/mol. The van der Waals surface area contributed by atoms with Crippen molar-refractivity contribution in [2.75, 3.05) is 26.2 Å². The summed E-state index contributed by atoms with van der Waals surface area (Å²) in [5.41, 5.74) is -1.31. The zero-order valence-corrected chi connectivity index (χ0v) is 16.6. The lowest BCUT2D eigenvalue weighted by Gasteiger charge is -2.48. The molecule has 2 N–H and O–H groups in total. The highest BCUT2D eigenvalue weighted by Gasteiger charge is 2.59. The second-order valence-electron chi connectivity index (χ2n) is 7.37. The number of nitrogens with zero attached hydrogens (tertiary/aromatic N) is 4. The number of hydrogen-bond acceptors (Lipinski definition) is 5. The highest BCUT2D eigenvalue weighted by molar-refractivity contribution is 6.42. The average molecular weight is 463 g/mol. The smallest absolute Gasteiger partial charge is 0.407 e. The van der Waals surface area contributed by atoms with Crippen molar-refractivity contribution in [1.29, 1.82) is 0 Å².